The number of nitrogens with zero attached hydrogens (tertiary/aromatic N) is 2. The summed E-state index contributed by atoms with van der Waals surface area (Å²) in [5.74, 6) is -1.71. The Kier molecular flexibility index (Phi) is 10.3. The molecular formula is C26H40N4O7. The molecule has 1 heterocycles. The molecule has 1 aliphatic rings. The lowest BCUT2D eigenvalue weighted by molar-refractivity contribution is -0.151. The SMILES string of the molecule is COC(=O)[C@@H]1CCCN(C(=O)[C@H](Cc2cccc(O)c2)NC(=O)[C@H](C(C)C)N(C)C(=O)OC(C)(C)C)N1. The number of hydrazine groups is 1. The van der Waals surface area contributed by atoms with Gasteiger partial charge in [0, 0.05) is 20.0 Å². The van der Waals surface area contributed by atoms with Crippen LogP contribution in [0.3, 0.4) is 0 Å². The fourth-order valence-corrected chi connectivity index (χ4v) is 4.20. The zero-order chi connectivity index (χ0) is 27.9. The number of methoxy groups -OCH3 is 1. The van der Waals surface area contributed by atoms with Crippen LogP contribution in [0.25, 0.3) is 0 Å². The van der Waals surface area contributed by atoms with Crippen LogP contribution in [-0.2, 0) is 30.3 Å². The van der Waals surface area contributed by atoms with Crippen LogP contribution >= 0.6 is 0 Å². The second-order valence-corrected chi connectivity index (χ2v) is 10.6. The Balaban J connectivity index is 2.30. The van der Waals surface area contributed by atoms with Crippen LogP contribution in [0.1, 0.15) is 53.0 Å². The molecule has 1 aromatic carbocycles. The molecule has 1 aliphatic heterocycles. The van der Waals surface area contributed by atoms with Gasteiger partial charge in [0.05, 0.1) is 7.11 Å². The summed E-state index contributed by atoms with van der Waals surface area (Å²) < 4.78 is 10.2. The number of ether oxygens (including phenoxy) is 2. The molecule has 0 spiro atoms. The summed E-state index contributed by atoms with van der Waals surface area (Å²) in [5, 5.41) is 14.0. The van der Waals surface area contributed by atoms with Gasteiger partial charge in [0.1, 0.15) is 29.5 Å². The van der Waals surface area contributed by atoms with E-state index in [1.165, 1.54) is 36.2 Å². The Hall–Kier alpha value is -3.34. The van der Waals surface area contributed by atoms with Crippen molar-refractivity contribution < 1.29 is 33.8 Å². The number of carbonyl (C=O) groups excluding carboxylic acids is 4. The molecule has 1 aromatic rings. The van der Waals surface area contributed by atoms with Gasteiger partial charge >= 0.3 is 12.1 Å². The van der Waals surface area contributed by atoms with E-state index >= 15 is 0 Å². The van der Waals surface area contributed by atoms with E-state index in [0.717, 1.165) is 0 Å². The Bertz CT molecular complexity index is 976. The molecule has 11 nitrogen and oxygen atoms in total. The van der Waals surface area contributed by atoms with Gasteiger partial charge in [-0.05, 0) is 57.2 Å². The van der Waals surface area contributed by atoms with Gasteiger partial charge in [-0.2, -0.15) is 0 Å². The van der Waals surface area contributed by atoms with Crippen LogP contribution < -0.4 is 10.7 Å². The molecule has 1 saturated heterocycles. The lowest BCUT2D eigenvalue weighted by Crippen LogP contribution is -2.62. The summed E-state index contributed by atoms with van der Waals surface area (Å²) in [6.45, 7) is 9.14. The number of hydrogen-bond donors (Lipinski definition) is 3. The molecule has 0 bridgehead atoms. The van der Waals surface area contributed by atoms with E-state index in [1.807, 2.05) is 0 Å². The number of rotatable bonds is 8. The zero-order valence-electron chi connectivity index (χ0n) is 22.7. The van der Waals surface area contributed by atoms with Gasteiger partial charge < -0.3 is 19.9 Å². The lowest BCUT2D eigenvalue weighted by atomic mass is 9.99. The quantitative estimate of drug-likeness (QED) is 0.443. The predicted molar refractivity (Wildman–Crippen MR) is 136 cm³/mol. The molecule has 11 heteroatoms. The maximum Gasteiger partial charge on any atom is 0.410 e. The Labute approximate surface area is 218 Å². The molecule has 0 aliphatic carbocycles. The van der Waals surface area contributed by atoms with Crippen molar-refractivity contribution in [3.63, 3.8) is 0 Å². The van der Waals surface area contributed by atoms with E-state index in [4.69, 9.17) is 9.47 Å². The summed E-state index contributed by atoms with van der Waals surface area (Å²) in [5.41, 5.74) is 2.78. The first-order valence-electron chi connectivity index (χ1n) is 12.4. The number of aromatic hydroxyl groups is 1. The standard InChI is InChI=1S/C26H40N4O7/c1-16(2)21(29(6)25(35)37-26(3,4)5)22(32)27-20(15-17-10-8-11-18(31)14-17)23(33)30-13-9-12-19(28-30)24(34)36-7/h8,10-11,14,16,19-21,28,31H,9,12-13,15H2,1-7H3,(H,27,32)/t19-,20-,21-/m0/s1. The van der Waals surface area contributed by atoms with Crippen molar-refractivity contribution in [1.29, 1.82) is 0 Å². The van der Waals surface area contributed by atoms with Gasteiger partial charge in [-0.15, -0.1) is 0 Å². The minimum Gasteiger partial charge on any atom is -0.508 e. The summed E-state index contributed by atoms with van der Waals surface area (Å²) in [7, 11) is 2.76. The van der Waals surface area contributed by atoms with Crippen LogP contribution in [0.5, 0.6) is 5.75 Å². The second-order valence-electron chi connectivity index (χ2n) is 10.6. The summed E-state index contributed by atoms with van der Waals surface area (Å²) in [4.78, 5) is 53.1. The van der Waals surface area contributed by atoms with Gasteiger partial charge in [-0.1, -0.05) is 26.0 Å². The number of carbonyl (C=O) groups is 4. The second kappa shape index (κ2) is 12.8. The highest BCUT2D eigenvalue weighted by atomic mass is 16.6. The maximum atomic E-state index is 13.6. The summed E-state index contributed by atoms with van der Waals surface area (Å²) in [6.07, 6.45) is 0.508. The topological polar surface area (TPSA) is 138 Å². The number of esters is 1. The first-order chi connectivity index (χ1) is 17.2. The molecule has 37 heavy (non-hydrogen) atoms. The number of hydrogen-bond acceptors (Lipinski definition) is 8. The minimum atomic E-state index is -1.04. The van der Waals surface area contributed by atoms with Gasteiger partial charge in [0.2, 0.25) is 5.91 Å². The highest BCUT2D eigenvalue weighted by Crippen LogP contribution is 2.18. The maximum absolute atomic E-state index is 13.6. The number of nitrogens with one attached hydrogen (secondary N) is 2. The first kappa shape index (κ1) is 29.9. The molecule has 0 saturated carbocycles. The van der Waals surface area contributed by atoms with Crippen molar-refractivity contribution >= 4 is 23.9 Å². The fourth-order valence-electron chi connectivity index (χ4n) is 4.20. The highest BCUT2D eigenvalue weighted by molar-refractivity contribution is 5.91. The lowest BCUT2D eigenvalue weighted by Gasteiger charge is -2.36. The van der Waals surface area contributed by atoms with E-state index in [0.29, 0.717) is 24.9 Å². The number of likely N-dealkylation sites (N-methyl/N-ethyl adjacent to an activating group) is 1. The van der Waals surface area contributed by atoms with Crippen molar-refractivity contribution in [2.45, 2.75) is 77.6 Å². The third kappa shape index (κ3) is 8.63. The smallest absolute Gasteiger partial charge is 0.410 e. The van der Waals surface area contributed by atoms with Crippen LogP contribution in [0.2, 0.25) is 0 Å². The third-order valence-corrected chi connectivity index (χ3v) is 5.90. The Morgan fingerprint density at radius 2 is 1.92 bits per heavy atom. The molecule has 3 atom stereocenters. The van der Waals surface area contributed by atoms with Crippen molar-refractivity contribution in [1.82, 2.24) is 20.7 Å². The molecule has 206 valence electrons. The van der Waals surface area contributed by atoms with Crippen molar-refractivity contribution in [3.05, 3.63) is 29.8 Å². The van der Waals surface area contributed by atoms with Crippen LogP contribution in [0, 0.1) is 5.92 Å². The molecule has 3 amide bonds. The summed E-state index contributed by atoms with van der Waals surface area (Å²) in [6, 6.07) is 3.78. The fraction of sp³-hybridized carbons (Fsp3) is 0.615. The average Bonchev–Trinajstić information content (AvgIpc) is 2.81. The van der Waals surface area contributed by atoms with E-state index < -0.39 is 47.6 Å². The largest absolute Gasteiger partial charge is 0.508 e. The van der Waals surface area contributed by atoms with Crippen molar-refractivity contribution in [2.75, 3.05) is 20.7 Å². The third-order valence-electron chi connectivity index (χ3n) is 5.90. The number of amides is 3. The predicted octanol–water partition coefficient (Wildman–Crippen LogP) is 1.98. The van der Waals surface area contributed by atoms with Gasteiger partial charge in [0.25, 0.3) is 5.91 Å². The number of phenols is 1. The number of phenolic OH excluding ortho intramolecular Hbond substituents is 1. The molecule has 3 N–H and O–H groups in total. The minimum absolute atomic E-state index is 0.0293. The van der Waals surface area contributed by atoms with Crippen LogP contribution in [0.4, 0.5) is 4.79 Å². The molecule has 2 rings (SSSR count). The average molecular weight is 521 g/mol. The molecular weight excluding hydrogens is 480 g/mol. The Morgan fingerprint density at radius 1 is 1.24 bits per heavy atom. The van der Waals surface area contributed by atoms with E-state index in [1.54, 1.807) is 46.8 Å². The molecule has 0 radical (unpaired) electrons. The highest BCUT2D eigenvalue weighted by Gasteiger charge is 2.37. The number of benzene rings is 1. The van der Waals surface area contributed by atoms with Crippen molar-refractivity contribution in [2.24, 2.45) is 5.92 Å². The van der Waals surface area contributed by atoms with Gasteiger partial charge in [0.15, 0.2) is 0 Å². The molecule has 0 unspecified atom stereocenters. The normalized spacial score (nSPS) is 17.5. The van der Waals surface area contributed by atoms with Crippen LogP contribution in [0.15, 0.2) is 24.3 Å². The van der Waals surface area contributed by atoms with E-state index in [9.17, 15) is 24.3 Å². The van der Waals surface area contributed by atoms with Gasteiger partial charge in [-0.3, -0.25) is 24.3 Å². The van der Waals surface area contributed by atoms with Crippen molar-refractivity contribution in [3.8, 4) is 5.75 Å². The first-order valence-corrected chi connectivity index (χ1v) is 12.4. The van der Waals surface area contributed by atoms with E-state index in [2.05, 4.69) is 10.7 Å². The monoisotopic (exact) mass is 520 g/mol. The Morgan fingerprint density at radius 3 is 2.49 bits per heavy atom. The van der Waals surface area contributed by atoms with Gasteiger partial charge in [-0.25, -0.2) is 10.2 Å². The summed E-state index contributed by atoms with van der Waals surface area (Å²) >= 11 is 0. The molecule has 0 aromatic heterocycles. The van der Waals surface area contributed by atoms with E-state index in [-0.39, 0.29) is 18.1 Å². The molecule has 1 fully saturated rings. The van der Waals surface area contributed by atoms with Crippen LogP contribution in [-0.4, -0.2) is 83.3 Å². The zero-order valence-corrected chi connectivity index (χ0v) is 22.7.